The summed E-state index contributed by atoms with van der Waals surface area (Å²) in [5, 5.41) is 12.5. The quantitative estimate of drug-likeness (QED) is 0.809. The van der Waals surface area contributed by atoms with Crippen LogP contribution in [0.5, 0.6) is 0 Å². The molecule has 1 saturated heterocycles. The summed E-state index contributed by atoms with van der Waals surface area (Å²) in [6, 6.07) is 7.89. The standard InChI is InChI=1S/C17H26N2O2/c1-3-19-9-8-15(12-19)11-18-10-14-4-6-16(7-5-14)13(2)17(20)21/h4-7,13,15,18H,3,8-12H2,1-2H3,(H,20,21). The van der Waals surface area contributed by atoms with Crippen LogP contribution in [0.3, 0.4) is 0 Å². The lowest BCUT2D eigenvalue weighted by Crippen LogP contribution is -2.26. The summed E-state index contributed by atoms with van der Waals surface area (Å²) in [4.78, 5) is 13.4. The Kier molecular flexibility index (Phi) is 5.76. The molecule has 0 spiro atoms. The summed E-state index contributed by atoms with van der Waals surface area (Å²) in [5.41, 5.74) is 2.07. The molecule has 0 saturated carbocycles. The van der Waals surface area contributed by atoms with Crippen LogP contribution in [-0.2, 0) is 11.3 Å². The fourth-order valence-electron chi connectivity index (χ4n) is 2.85. The van der Waals surface area contributed by atoms with Crippen LogP contribution in [0.2, 0.25) is 0 Å². The number of hydrogen-bond acceptors (Lipinski definition) is 3. The predicted octanol–water partition coefficient (Wildman–Crippen LogP) is 2.31. The third kappa shape index (κ3) is 4.55. The van der Waals surface area contributed by atoms with E-state index >= 15 is 0 Å². The number of benzene rings is 1. The average molecular weight is 290 g/mol. The summed E-state index contributed by atoms with van der Waals surface area (Å²) < 4.78 is 0. The van der Waals surface area contributed by atoms with Gasteiger partial charge in [-0.3, -0.25) is 4.79 Å². The highest BCUT2D eigenvalue weighted by molar-refractivity contribution is 5.75. The van der Waals surface area contributed by atoms with Crippen LogP contribution in [0.15, 0.2) is 24.3 Å². The van der Waals surface area contributed by atoms with E-state index in [1.165, 1.54) is 25.1 Å². The van der Waals surface area contributed by atoms with Gasteiger partial charge in [-0.2, -0.15) is 0 Å². The zero-order chi connectivity index (χ0) is 15.2. The van der Waals surface area contributed by atoms with Gasteiger partial charge in [-0.05, 0) is 50.0 Å². The lowest BCUT2D eigenvalue weighted by atomic mass is 10.00. The van der Waals surface area contributed by atoms with Gasteiger partial charge in [0.05, 0.1) is 5.92 Å². The Hall–Kier alpha value is -1.39. The highest BCUT2D eigenvalue weighted by Crippen LogP contribution is 2.17. The van der Waals surface area contributed by atoms with Crippen molar-refractivity contribution in [1.82, 2.24) is 10.2 Å². The van der Waals surface area contributed by atoms with E-state index in [9.17, 15) is 4.79 Å². The van der Waals surface area contributed by atoms with Crippen LogP contribution in [0.4, 0.5) is 0 Å². The molecule has 2 rings (SSSR count). The van der Waals surface area contributed by atoms with Crippen molar-refractivity contribution in [3.8, 4) is 0 Å². The van der Waals surface area contributed by atoms with Crippen molar-refractivity contribution in [2.75, 3.05) is 26.2 Å². The van der Waals surface area contributed by atoms with E-state index in [1.807, 2.05) is 24.3 Å². The van der Waals surface area contributed by atoms with Crippen LogP contribution in [-0.4, -0.2) is 42.2 Å². The molecule has 0 amide bonds. The van der Waals surface area contributed by atoms with Crippen LogP contribution in [0.1, 0.15) is 37.3 Å². The lowest BCUT2D eigenvalue weighted by Gasteiger charge is -2.14. The predicted molar refractivity (Wildman–Crippen MR) is 84.4 cm³/mol. The normalized spacial score (nSPS) is 20.6. The minimum Gasteiger partial charge on any atom is -0.481 e. The van der Waals surface area contributed by atoms with Gasteiger partial charge >= 0.3 is 5.97 Å². The molecule has 2 unspecified atom stereocenters. The first-order chi connectivity index (χ1) is 10.1. The molecule has 0 aliphatic carbocycles. The third-order valence-corrected chi connectivity index (χ3v) is 4.43. The number of carboxylic acid groups (broad SMARTS) is 1. The number of nitrogens with one attached hydrogen (secondary N) is 1. The summed E-state index contributed by atoms with van der Waals surface area (Å²) in [6.45, 7) is 9.43. The zero-order valence-corrected chi connectivity index (χ0v) is 13.0. The van der Waals surface area contributed by atoms with E-state index in [0.717, 1.165) is 31.1 Å². The molecule has 1 aliphatic rings. The fourth-order valence-corrected chi connectivity index (χ4v) is 2.85. The van der Waals surface area contributed by atoms with E-state index in [-0.39, 0.29) is 0 Å². The van der Waals surface area contributed by atoms with E-state index in [4.69, 9.17) is 5.11 Å². The molecule has 0 bridgehead atoms. The maximum atomic E-state index is 10.9. The fraction of sp³-hybridized carbons (Fsp3) is 0.588. The molecule has 0 radical (unpaired) electrons. The van der Waals surface area contributed by atoms with Gasteiger partial charge in [0, 0.05) is 13.1 Å². The molecule has 2 atom stereocenters. The van der Waals surface area contributed by atoms with Crippen molar-refractivity contribution in [3.05, 3.63) is 35.4 Å². The van der Waals surface area contributed by atoms with Gasteiger partial charge in [0.2, 0.25) is 0 Å². The maximum Gasteiger partial charge on any atom is 0.310 e. The smallest absolute Gasteiger partial charge is 0.310 e. The molecule has 1 heterocycles. The summed E-state index contributed by atoms with van der Waals surface area (Å²) in [5.74, 6) is -0.454. The monoisotopic (exact) mass is 290 g/mol. The first kappa shape index (κ1) is 16.0. The minimum absolute atomic E-state index is 0.439. The van der Waals surface area contributed by atoms with Crippen molar-refractivity contribution >= 4 is 5.97 Å². The van der Waals surface area contributed by atoms with Crippen molar-refractivity contribution in [2.24, 2.45) is 5.92 Å². The second kappa shape index (κ2) is 7.57. The average Bonchev–Trinajstić information content (AvgIpc) is 2.95. The van der Waals surface area contributed by atoms with E-state index in [1.54, 1.807) is 6.92 Å². The highest BCUT2D eigenvalue weighted by Gasteiger charge is 2.20. The zero-order valence-electron chi connectivity index (χ0n) is 13.0. The van der Waals surface area contributed by atoms with Gasteiger partial charge in [-0.1, -0.05) is 31.2 Å². The second-order valence-electron chi connectivity index (χ2n) is 5.98. The first-order valence-electron chi connectivity index (χ1n) is 7.84. The minimum atomic E-state index is -0.775. The van der Waals surface area contributed by atoms with Crippen LogP contribution in [0, 0.1) is 5.92 Å². The highest BCUT2D eigenvalue weighted by atomic mass is 16.4. The van der Waals surface area contributed by atoms with Gasteiger partial charge < -0.3 is 15.3 Å². The number of nitrogens with zero attached hydrogens (tertiary/aromatic N) is 1. The molecule has 1 aromatic rings. The Morgan fingerprint density at radius 1 is 1.43 bits per heavy atom. The molecule has 1 aliphatic heterocycles. The van der Waals surface area contributed by atoms with Crippen LogP contribution in [0.25, 0.3) is 0 Å². The molecular weight excluding hydrogens is 264 g/mol. The van der Waals surface area contributed by atoms with Gasteiger partial charge in [0.1, 0.15) is 0 Å². The molecule has 21 heavy (non-hydrogen) atoms. The number of likely N-dealkylation sites (tertiary alicyclic amines) is 1. The second-order valence-corrected chi connectivity index (χ2v) is 5.98. The Balaban J connectivity index is 1.75. The van der Waals surface area contributed by atoms with Crippen molar-refractivity contribution in [3.63, 3.8) is 0 Å². The molecule has 1 fully saturated rings. The largest absolute Gasteiger partial charge is 0.481 e. The molecule has 1 aromatic carbocycles. The Labute approximate surface area is 127 Å². The summed E-state index contributed by atoms with van der Waals surface area (Å²) >= 11 is 0. The number of aliphatic carboxylic acids is 1. The van der Waals surface area contributed by atoms with E-state index in [0.29, 0.717) is 0 Å². The van der Waals surface area contributed by atoms with Gasteiger partial charge in [0.25, 0.3) is 0 Å². The Morgan fingerprint density at radius 2 is 2.14 bits per heavy atom. The van der Waals surface area contributed by atoms with Crippen molar-refractivity contribution in [1.29, 1.82) is 0 Å². The topological polar surface area (TPSA) is 52.6 Å². The molecular formula is C17H26N2O2. The third-order valence-electron chi connectivity index (χ3n) is 4.43. The molecule has 0 aromatic heterocycles. The first-order valence-corrected chi connectivity index (χ1v) is 7.84. The van der Waals surface area contributed by atoms with Gasteiger partial charge in [0.15, 0.2) is 0 Å². The van der Waals surface area contributed by atoms with Crippen LogP contribution < -0.4 is 5.32 Å². The van der Waals surface area contributed by atoms with E-state index in [2.05, 4.69) is 17.1 Å². The number of carbonyl (C=O) groups is 1. The Bertz CT molecular complexity index is 458. The summed E-state index contributed by atoms with van der Waals surface area (Å²) in [6.07, 6.45) is 1.29. The lowest BCUT2D eigenvalue weighted by molar-refractivity contribution is -0.138. The number of hydrogen-bond donors (Lipinski definition) is 2. The SMILES string of the molecule is CCN1CCC(CNCc2ccc(C(C)C(=O)O)cc2)C1. The molecule has 2 N–H and O–H groups in total. The number of rotatable bonds is 7. The van der Waals surface area contributed by atoms with Crippen molar-refractivity contribution in [2.45, 2.75) is 32.7 Å². The molecule has 4 heteroatoms. The Morgan fingerprint density at radius 3 is 2.71 bits per heavy atom. The molecule has 116 valence electrons. The van der Waals surface area contributed by atoms with Crippen molar-refractivity contribution < 1.29 is 9.90 Å². The maximum absolute atomic E-state index is 10.9. The van der Waals surface area contributed by atoms with Gasteiger partial charge in [-0.15, -0.1) is 0 Å². The number of carboxylic acids is 1. The van der Waals surface area contributed by atoms with E-state index < -0.39 is 11.9 Å². The van der Waals surface area contributed by atoms with Gasteiger partial charge in [-0.25, -0.2) is 0 Å². The van der Waals surface area contributed by atoms with Crippen LogP contribution >= 0.6 is 0 Å². The summed E-state index contributed by atoms with van der Waals surface area (Å²) in [7, 11) is 0. The molecule has 4 nitrogen and oxygen atoms in total.